The molecule has 0 amide bonds. The second-order valence-electron chi connectivity index (χ2n) is 4.43. The van der Waals surface area contributed by atoms with Crippen molar-refractivity contribution in [2.75, 3.05) is 0 Å². The second kappa shape index (κ2) is 5.32. The van der Waals surface area contributed by atoms with E-state index in [0.717, 1.165) is 16.8 Å². The lowest BCUT2D eigenvalue weighted by Gasteiger charge is -2.11. The third-order valence-electron chi connectivity index (χ3n) is 2.98. The number of rotatable bonds is 4. The zero-order valence-corrected chi connectivity index (χ0v) is 11.6. The van der Waals surface area contributed by atoms with E-state index in [-0.39, 0.29) is 0 Å². The number of hydrogen-bond acceptors (Lipinski definition) is 2. The highest BCUT2D eigenvalue weighted by Crippen LogP contribution is 2.36. The maximum absolute atomic E-state index is 4.54. The third-order valence-corrected chi connectivity index (χ3v) is 3.92. The molecule has 92 valence electrons. The molecule has 0 fully saturated rings. The van der Waals surface area contributed by atoms with Gasteiger partial charge in [0.1, 0.15) is 0 Å². The van der Waals surface area contributed by atoms with E-state index in [1.807, 2.05) is 24.4 Å². The van der Waals surface area contributed by atoms with E-state index in [2.05, 4.69) is 43.4 Å². The van der Waals surface area contributed by atoms with Crippen molar-refractivity contribution in [3.63, 3.8) is 0 Å². The molecule has 0 atom stereocenters. The van der Waals surface area contributed by atoms with Crippen LogP contribution >= 0.6 is 11.3 Å². The van der Waals surface area contributed by atoms with Gasteiger partial charge in [-0.2, -0.15) is 0 Å². The van der Waals surface area contributed by atoms with E-state index in [1.165, 1.54) is 10.4 Å². The monoisotopic (exact) mass is 255 g/mol. The molecule has 0 bridgehead atoms. The van der Waals surface area contributed by atoms with Gasteiger partial charge in [0.2, 0.25) is 0 Å². The smallest absolute Gasteiger partial charge is 0.0882 e. The Labute approximate surface area is 113 Å². The Morgan fingerprint density at radius 3 is 2.61 bits per heavy atom. The number of thiophene rings is 1. The molecule has 0 aliphatic rings. The summed E-state index contributed by atoms with van der Waals surface area (Å²) in [5, 5.41) is 2.12. The molecule has 2 aromatic rings. The highest BCUT2D eigenvalue weighted by molar-refractivity contribution is 7.13. The first-order chi connectivity index (χ1) is 8.69. The minimum absolute atomic E-state index is 0.498. The summed E-state index contributed by atoms with van der Waals surface area (Å²) in [4.78, 5) is 5.77. The van der Waals surface area contributed by atoms with Crippen LogP contribution in [0.2, 0.25) is 0 Å². The van der Waals surface area contributed by atoms with Gasteiger partial charge in [-0.1, -0.05) is 39.2 Å². The fraction of sp³-hybridized carbons (Fsp3) is 0.188. The maximum Gasteiger partial charge on any atom is 0.0882 e. The Balaban J connectivity index is 2.67. The molecular formula is C16H17NS. The molecule has 18 heavy (non-hydrogen) atoms. The Kier molecular flexibility index (Phi) is 3.78. The highest BCUT2D eigenvalue weighted by atomic mass is 32.1. The summed E-state index contributed by atoms with van der Waals surface area (Å²) in [6.07, 6.45) is 5.55. The molecular weight excluding hydrogens is 238 g/mol. The van der Waals surface area contributed by atoms with Crippen molar-refractivity contribution in [2.45, 2.75) is 19.8 Å². The van der Waals surface area contributed by atoms with Gasteiger partial charge >= 0.3 is 0 Å². The largest absolute Gasteiger partial charge is 0.255 e. The van der Waals surface area contributed by atoms with Gasteiger partial charge in [-0.3, -0.25) is 4.98 Å². The van der Waals surface area contributed by atoms with Gasteiger partial charge in [0, 0.05) is 11.8 Å². The predicted octanol–water partition coefficient (Wildman–Crippen LogP) is 5.22. The Hall–Kier alpha value is -1.67. The molecule has 0 saturated heterocycles. The maximum atomic E-state index is 4.54. The summed E-state index contributed by atoms with van der Waals surface area (Å²) in [5.74, 6) is 0.498. The number of aromatic nitrogens is 1. The van der Waals surface area contributed by atoms with Crippen LogP contribution in [0.25, 0.3) is 22.7 Å². The highest BCUT2D eigenvalue weighted by Gasteiger charge is 2.14. The van der Waals surface area contributed by atoms with Crippen LogP contribution in [-0.4, -0.2) is 4.98 Å². The molecule has 1 nitrogen and oxygen atoms in total. The van der Waals surface area contributed by atoms with Gasteiger partial charge in [0.15, 0.2) is 0 Å². The lowest BCUT2D eigenvalue weighted by Crippen LogP contribution is -1.93. The summed E-state index contributed by atoms with van der Waals surface area (Å²) in [6.45, 7) is 12.2. The Morgan fingerprint density at radius 2 is 2.00 bits per heavy atom. The first kappa shape index (κ1) is 12.8. The van der Waals surface area contributed by atoms with Crippen LogP contribution in [0, 0.1) is 0 Å². The van der Waals surface area contributed by atoms with Crippen LogP contribution in [0.1, 0.15) is 36.5 Å². The summed E-state index contributed by atoms with van der Waals surface area (Å²) in [5.41, 5.74) is 4.51. The van der Waals surface area contributed by atoms with Crippen LogP contribution in [0.15, 0.2) is 36.9 Å². The van der Waals surface area contributed by atoms with E-state index in [9.17, 15) is 0 Å². The molecule has 2 heteroatoms. The van der Waals surface area contributed by atoms with Crippen molar-refractivity contribution in [3.8, 4) is 10.6 Å². The fourth-order valence-electron chi connectivity index (χ4n) is 2.03. The van der Waals surface area contributed by atoms with Crippen molar-refractivity contribution >= 4 is 23.5 Å². The van der Waals surface area contributed by atoms with E-state index >= 15 is 0 Å². The first-order valence-electron chi connectivity index (χ1n) is 6.00. The molecule has 2 rings (SSSR count). The fourth-order valence-corrected chi connectivity index (χ4v) is 3.09. The lowest BCUT2D eigenvalue weighted by molar-refractivity contribution is 0.873. The lowest BCUT2D eigenvalue weighted by atomic mass is 9.99. The zero-order chi connectivity index (χ0) is 13.1. The van der Waals surface area contributed by atoms with Crippen LogP contribution in [0.4, 0.5) is 0 Å². The van der Waals surface area contributed by atoms with Gasteiger partial charge in [0.25, 0.3) is 0 Å². The first-order valence-corrected chi connectivity index (χ1v) is 6.88. The average molecular weight is 255 g/mol. The second-order valence-corrected chi connectivity index (χ2v) is 5.35. The minimum atomic E-state index is 0.498. The van der Waals surface area contributed by atoms with Gasteiger partial charge in [-0.15, -0.1) is 11.3 Å². The SMILES string of the molecule is C=Cc1ccnc(-c2sccc2C(C)C)c1C=C. The van der Waals surface area contributed by atoms with Crippen molar-refractivity contribution in [1.82, 2.24) is 4.98 Å². The van der Waals surface area contributed by atoms with Gasteiger partial charge in [0.05, 0.1) is 10.6 Å². The zero-order valence-electron chi connectivity index (χ0n) is 10.8. The molecule has 0 saturated carbocycles. The Morgan fingerprint density at radius 1 is 1.22 bits per heavy atom. The standard InChI is InChI=1S/C16H17NS/c1-5-12-7-9-17-15(13(12)6-2)16-14(11(3)4)8-10-18-16/h5-11H,1-2H2,3-4H3. The summed E-state index contributed by atoms with van der Waals surface area (Å²) in [6, 6.07) is 4.15. The average Bonchev–Trinajstić information content (AvgIpc) is 2.86. The number of nitrogens with zero attached hydrogens (tertiary/aromatic N) is 1. The molecule has 0 radical (unpaired) electrons. The molecule has 0 unspecified atom stereocenters. The van der Waals surface area contributed by atoms with Gasteiger partial charge in [-0.05, 0) is 34.6 Å². The van der Waals surface area contributed by atoms with Crippen molar-refractivity contribution in [3.05, 3.63) is 53.6 Å². The molecule has 0 N–H and O–H groups in total. The Bertz CT molecular complexity index is 579. The van der Waals surface area contributed by atoms with Crippen molar-refractivity contribution in [1.29, 1.82) is 0 Å². The summed E-state index contributed by atoms with van der Waals surface area (Å²) < 4.78 is 0. The summed E-state index contributed by atoms with van der Waals surface area (Å²) >= 11 is 1.74. The normalized spacial score (nSPS) is 10.6. The van der Waals surface area contributed by atoms with E-state index in [0.29, 0.717) is 5.92 Å². The van der Waals surface area contributed by atoms with Crippen molar-refractivity contribution in [2.24, 2.45) is 0 Å². The molecule has 0 aliphatic heterocycles. The van der Waals surface area contributed by atoms with Crippen LogP contribution in [-0.2, 0) is 0 Å². The van der Waals surface area contributed by atoms with E-state index in [1.54, 1.807) is 11.3 Å². The predicted molar refractivity (Wildman–Crippen MR) is 81.8 cm³/mol. The number of hydrogen-bond donors (Lipinski definition) is 0. The van der Waals surface area contributed by atoms with E-state index in [4.69, 9.17) is 0 Å². The van der Waals surface area contributed by atoms with Crippen LogP contribution < -0.4 is 0 Å². The van der Waals surface area contributed by atoms with Crippen LogP contribution in [0.5, 0.6) is 0 Å². The molecule has 0 aliphatic carbocycles. The molecule has 0 spiro atoms. The van der Waals surface area contributed by atoms with Crippen LogP contribution in [0.3, 0.4) is 0 Å². The minimum Gasteiger partial charge on any atom is -0.255 e. The molecule has 2 heterocycles. The summed E-state index contributed by atoms with van der Waals surface area (Å²) in [7, 11) is 0. The van der Waals surface area contributed by atoms with Gasteiger partial charge in [-0.25, -0.2) is 0 Å². The number of pyridine rings is 1. The van der Waals surface area contributed by atoms with Gasteiger partial charge < -0.3 is 0 Å². The molecule has 0 aromatic carbocycles. The topological polar surface area (TPSA) is 12.9 Å². The quantitative estimate of drug-likeness (QED) is 0.730. The molecule has 2 aromatic heterocycles. The third kappa shape index (κ3) is 2.16. The van der Waals surface area contributed by atoms with E-state index < -0.39 is 0 Å². The van der Waals surface area contributed by atoms with Crippen molar-refractivity contribution < 1.29 is 0 Å².